The van der Waals surface area contributed by atoms with Crippen LogP contribution in [0.25, 0.3) is 22.4 Å². The number of anilines is 1. The Morgan fingerprint density at radius 2 is 1.94 bits per heavy atom. The number of pyridine rings is 1. The molecular formula is C14H12N2O. The van der Waals surface area contributed by atoms with Gasteiger partial charge in [-0.25, -0.2) is 4.98 Å². The zero-order valence-corrected chi connectivity index (χ0v) is 9.47. The molecule has 0 aliphatic heterocycles. The first-order valence-electron chi connectivity index (χ1n) is 5.46. The molecule has 0 fully saturated rings. The van der Waals surface area contributed by atoms with Crippen molar-refractivity contribution in [3.8, 4) is 11.5 Å². The summed E-state index contributed by atoms with van der Waals surface area (Å²) in [6.07, 6.45) is 0. The first-order valence-corrected chi connectivity index (χ1v) is 5.46. The second-order valence-corrected chi connectivity index (χ2v) is 4.02. The molecule has 3 nitrogen and oxygen atoms in total. The van der Waals surface area contributed by atoms with Crippen LogP contribution in [0.1, 0.15) is 5.69 Å². The molecule has 0 radical (unpaired) electrons. The van der Waals surface area contributed by atoms with E-state index in [1.807, 2.05) is 49.4 Å². The molecule has 0 atom stereocenters. The summed E-state index contributed by atoms with van der Waals surface area (Å²) < 4.78 is 5.75. The Bertz CT molecular complexity index is 653. The highest BCUT2D eigenvalue weighted by Gasteiger charge is 2.07. The van der Waals surface area contributed by atoms with Gasteiger partial charge in [0.2, 0.25) is 0 Å². The van der Waals surface area contributed by atoms with Crippen molar-refractivity contribution in [2.75, 3.05) is 5.73 Å². The van der Waals surface area contributed by atoms with Crippen molar-refractivity contribution in [2.45, 2.75) is 6.92 Å². The maximum absolute atomic E-state index is 5.75. The second kappa shape index (κ2) is 3.63. The number of para-hydroxylation sites is 1. The summed E-state index contributed by atoms with van der Waals surface area (Å²) in [7, 11) is 0. The summed E-state index contributed by atoms with van der Waals surface area (Å²) in [6, 6.07) is 13.6. The maximum Gasteiger partial charge on any atom is 0.153 e. The molecule has 17 heavy (non-hydrogen) atoms. The molecule has 2 heterocycles. The normalized spacial score (nSPS) is 10.9. The molecule has 0 saturated carbocycles. The van der Waals surface area contributed by atoms with Crippen LogP contribution in [0.5, 0.6) is 0 Å². The molecule has 2 N–H and O–H groups in total. The van der Waals surface area contributed by atoms with Crippen LogP contribution in [-0.4, -0.2) is 4.98 Å². The van der Waals surface area contributed by atoms with Gasteiger partial charge in [0.25, 0.3) is 0 Å². The quantitative estimate of drug-likeness (QED) is 0.689. The van der Waals surface area contributed by atoms with Gasteiger partial charge in [-0.2, -0.15) is 0 Å². The minimum Gasteiger partial charge on any atom is -0.454 e. The first kappa shape index (κ1) is 9.90. The Morgan fingerprint density at radius 3 is 2.71 bits per heavy atom. The molecule has 0 bridgehead atoms. The summed E-state index contributed by atoms with van der Waals surface area (Å²) in [4.78, 5) is 4.42. The van der Waals surface area contributed by atoms with E-state index in [4.69, 9.17) is 10.2 Å². The highest BCUT2D eigenvalue weighted by atomic mass is 16.3. The number of furan rings is 1. The van der Waals surface area contributed by atoms with E-state index in [0.717, 1.165) is 28.1 Å². The maximum atomic E-state index is 5.75. The third-order valence-corrected chi connectivity index (χ3v) is 2.80. The van der Waals surface area contributed by atoms with Gasteiger partial charge in [-0.05, 0) is 31.2 Å². The van der Waals surface area contributed by atoms with E-state index in [0.29, 0.717) is 5.69 Å². The lowest BCUT2D eigenvalue weighted by molar-refractivity contribution is 0.628. The number of aromatic nitrogens is 1. The Labute approximate surface area is 98.9 Å². The average Bonchev–Trinajstić information content (AvgIpc) is 2.76. The summed E-state index contributed by atoms with van der Waals surface area (Å²) in [5.41, 5.74) is 8.96. The summed E-state index contributed by atoms with van der Waals surface area (Å²) >= 11 is 0. The van der Waals surface area contributed by atoms with E-state index in [1.165, 1.54) is 0 Å². The van der Waals surface area contributed by atoms with Crippen LogP contribution in [0.4, 0.5) is 5.69 Å². The van der Waals surface area contributed by atoms with Crippen molar-refractivity contribution in [3.63, 3.8) is 0 Å². The van der Waals surface area contributed by atoms with Gasteiger partial charge >= 0.3 is 0 Å². The van der Waals surface area contributed by atoms with Crippen molar-refractivity contribution < 1.29 is 4.42 Å². The van der Waals surface area contributed by atoms with Crippen LogP contribution in [0, 0.1) is 6.92 Å². The second-order valence-electron chi connectivity index (χ2n) is 4.02. The fourth-order valence-electron chi connectivity index (χ4n) is 1.82. The van der Waals surface area contributed by atoms with Crippen LogP contribution >= 0.6 is 0 Å². The van der Waals surface area contributed by atoms with Crippen molar-refractivity contribution in [1.29, 1.82) is 0 Å². The Hall–Kier alpha value is -2.29. The number of aryl methyl sites for hydroxylation is 1. The van der Waals surface area contributed by atoms with Crippen LogP contribution in [-0.2, 0) is 0 Å². The van der Waals surface area contributed by atoms with Crippen molar-refractivity contribution in [1.82, 2.24) is 4.98 Å². The Kier molecular flexibility index (Phi) is 2.11. The first-order chi connectivity index (χ1) is 8.24. The minimum atomic E-state index is 0.699. The predicted octanol–water partition coefficient (Wildman–Crippen LogP) is 3.39. The summed E-state index contributed by atoms with van der Waals surface area (Å²) in [5, 5.41) is 1.08. The average molecular weight is 224 g/mol. The molecule has 0 saturated heterocycles. The lowest BCUT2D eigenvalue weighted by Crippen LogP contribution is -1.93. The third kappa shape index (κ3) is 1.65. The summed E-state index contributed by atoms with van der Waals surface area (Å²) in [6.45, 7) is 1.89. The molecule has 1 aromatic carbocycles. The van der Waals surface area contributed by atoms with E-state index < -0.39 is 0 Å². The lowest BCUT2D eigenvalue weighted by atomic mass is 10.2. The predicted molar refractivity (Wildman–Crippen MR) is 68.6 cm³/mol. The SMILES string of the molecule is Cc1nc(-c2cc3ccccc3o2)ccc1N. The van der Waals surface area contributed by atoms with E-state index >= 15 is 0 Å². The van der Waals surface area contributed by atoms with E-state index in [-0.39, 0.29) is 0 Å². The Balaban J connectivity index is 2.17. The number of nitrogens with two attached hydrogens (primary N) is 1. The lowest BCUT2D eigenvalue weighted by Gasteiger charge is -2.00. The Morgan fingerprint density at radius 1 is 1.12 bits per heavy atom. The molecule has 3 heteroatoms. The van der Waals surface area contributed by atoms with Crippen LogP contribution in [0.3, 0.4) is 0 Å². The molecule has 3 rings (SSSR count). The number of nitrogen functional groups attached to an aromatic ring is 1. The zero-order valence-electron chi connectivity index (χ0n) is 9.47. The number of rotatable bonds is 1. The largest absolute Gasteiger partial charge is 0.454 e. The number of hydrogen-bond acceptors (Lipinski definition) is 3. The number of benzene rings is 1. The molecule has 0 aliphatic carbocycles. The van der Waals surface area contributed by atoms with Crippen LogP contribution < -0.4 is 5.73 Å². The van der Waals surface area contributed by atoms with Gasteiger partial charge < -0.3 is 10.2 Å². The topological polar surface area (TPSA) is 52.0 Å². The fraction of sp³-hybridized carbons (Fsp3) is 0.0714. The van der Waals surface area contributed by atoms with E-state index in [1.54, 1.807) is 0 Å². The van der Waals surface area contributed by atoms with Gasteiger partial charge in [0.1, 0.15) is 11.3 Å². The molecular weight excluding hydrogens is 212 g/mol. The van der Waals surface area contributed by atoms with Crippen molar-refractivity contribution in [3.05, 3.63) is 48.2 Å². The van der Waals surface area contributed by atoms with Crippen molar-refractivity contribution >= 4 is 16.7 Å². The molecule has 0 unspecified atom stereocenters. The molecule has 0 spiro atoms. The van der Waals surface area contributed by atoms with Gasteiger partial charge in [-0.1, -0.05) is 18.2 Å². The van der Waals surface area contributed by atoms with Crippen LogP contribution in [0.15, 0.2) is 46.9 Å². The molecule has 0 aliphatic rings. The minimum absolute atomic E-state index is 0.699. The molecule has 0 amide bonds. The molecule has 3 aromatic rings. The van der Waals surface area contributed by atoms with Gasteiger partial charge in [-0.3, -0.25) is 0 Å². The van der Waals surface area contributed by atoms with Gasteiger partial charge in [0, 0.05) is 5.39 Å². The third-order valence-electron chi connectivity index (χ3n) is 2.80. The van der Waals surface area contributed by atoms with Gasteiger partial charge in [0.15, 0.2) is 5.76 Å². The fourth-order valence-corrected chi connectivity index (χ4v) is 1.82. The molecule has 84 valence electrons. The van der Waals surface area contributed by atoms with Crippen molar-refractivity contribution in [2.24, 2.45) is 0 Å². The standard InChI is InChI=1S/C14H12N2O/c1-9-11(15)6-7-12(16-9)14-8-10-4-2-3-5-13(10)17-14/h2-8H,15H2,1H3. The van der Waals surface area contributed by atoms with Crippen LogP contribution in [0.2, 0.25) is 0 Å². The number of hydrogen-bond donors (Lipinski definition) is 1. The van der Waals surface area contributed by atoms with Gasteiger partial charge in [-0.15, -0.1) is 0 Å². The zero-order chi connectivity index (χ0) is 11.8. The number of nitrogens with zero attached hydrogens (tertiary/aromatic N) is 1. The highest BCUT2D eigenvalue weighted by Crippen LogP contribution is 2.27. The number of fused-ring (bicyclic) bond motifs is 1. The van der Waals surface area contributed by atoms with E-state index in [9.17, 15) is 0 Å². The van der Waals surface area contributed by atoms with Gasteiger partial charge in [0.05, 0.1) is 11.4 Å². The molecule has 2 aromatic heterocycles. The monoisotopic (exact) mass is 224 g/mol. The summed E-state index contributed by atoms with van der Waals surface area (Å²) in [5.74, 6) is 0.773. The van der Waals surface area contributed by atoms with E-state index in [2.05, 4.69) is 4.98 Å². The smallest absolute Gasteiger partial charge is 0.153 e. The highest BCUT2D eigenvalue weighted by molar-refractivity contribution is 5.82.